The maximum atomic E-state index is 9.38. The summed E-state index contributed by atoms with van der Waals surface area (Å²) in [5.74, 6) is 5.32. The lowest BCUT2D eigenvalue weighted by Crippen LogP contribution is -2.41. The van der Waals surface area contributed by atoms with Gasteiger partial charge in [-0.1, -0.05) is 5.92 Å². The van der Waals surface area contributed by atoms with Crippen LogP contribution in [-0.4, -0.2) is 35.1 Å². The Hall–Kier alpha value is -0.560. The van der Waals surface area contributed by atoms with Gasteiger partial charge in [0.2, 0.25) is 0 Å². The number of hydrogen-bond donors (Lipinski definition) is 2. The second kappa shape index (κ2) is 3.22. The summed E-state index contributed by atoms with van der Waals surface area (Å²) in [7, 11) is 0. The molecule has 0 radical (unpaired) electrons. The van der Waals surface area contributed by atoms with Crippen molar-refractivity contribution in [3.05, 3.63) is 0 Å². The van der Waals surface area contributed by atoms with Gasteiger partial charge in [0.15, 0.2) is 5.60 Å². The van der Waals surface area contributed by atoms with E-state index in [1.807, 2.05) is 0 Å². The summed E-state index contributed by atoms with van der Waals surface area (Å²) in [6, 6.07) is 0. The summed E-state index contributed by atoms with van der Waals surface area (Å²) >= 11 is 0. The van der Waals surface area contributed by atoms with Crippen molar-refractivity contribution < 1.29 is 14.9 Å². The minimum Gasteiger partial charge on any atom is -0.392 e. The molecular formula is C8H12O3. The molecule has 1 heterocycles. The second-order valence-corrected chi connectivity index (χ2v) is 2.58. The molecule has 2 unspecified atom stereocenters. The Bertz CT molecular complexity index is 191. The zero-order valence-electron chi connectivity index (χ0n) is 6.50. The maximum absolute atomic E-state index is 9.38. The third kappa shape index (κ3) is 1.38. The molecule has 2 atom stereocenters. The number of rotatable bonds is 1. The first-order valence-corrected chi connectivity index (χ1v) is 3.62. The zero-order valence-corrected chi connectivity index (χ0v) is 6.50. The standard InChI is InChI=1S/C8H12O3/c1-2-4-8(6-9)7(10)3-5-11-8/h7,9-10H,3,5-6H2,1H3. The highest BCUT2D eigenvalue weighted by molar-refractivity contribution is 5.18. The topological polar surface area (TPSA) is 49.7 Å². The van der Waals surface area contributed by atoms with Crippen LogP contribution in [0.15, 0.2) is 0 Å². The lowest BCUT2D eigenvalue weighted by molar-refractivity contribution is -0.0480. The Balaban J connectivity index is 2.79. The molecule has 2 N–H and O–H groups in total. The average Bonchev–Trinajstić information content (AvgIpc) is 2.35. The van der Waals surface area contributed by atoms with Gasteiger partial charge in [0, 0.05) is 6.42 Å². The molecule has 0 bridgehead atoms. The first kappa shape index (κ1) is 8.54. The van der Waals surface area contributed by atoms with Crippen molar-refractivity contribution in [2.75, 3.05) is 13.2 Å². The third-order valence-electron chi connectivity index (χ3n) is 1.86. The Morgan fingerprint density at radius 2 is 2.45 bits per heavy atom. The molecular weight excluding hydrogens is 144 g/mol. The largest absolute Gasteiger partial charge is 0.392 e. The zero-order chi connectivity index (χ0) is 8.32. The lowest BCUT2D eigenvalue weighted by Gasteiger charge is -2.22. The second-order valence-electron chi connectivity index (χ2n) is 2.58. The van der Waals surface area contributed by atoms with Gasteiger partial charge in [-0.05, 0) is 6.92 Å². The lowest BCUT2D eigenvalue weighted by atomic mass is 9.99. The summed E-state index contributed by atoms with van der Waals surface area (Å²) in [5.41, 5.74) is -1.01. The minimum atomic E-state index is -1.01. The molecule has 1 aliphatic rings. The quantitative estimate of drug-likeness (QED) is 0.504. The van der Waals surface area contributed by atoms with Crippen LogP contribution in [0.5, 0.6) is 0 Å². The predicted molar refractivity (Wildman–Crippen MR) is 39.8 cm³/mol. The van der Waals surface area contributed by atoms with Crippen molar-refractivity contribution >= 4 is 0 Å². The molecule has 0 aromatic carbocycles. The van der Waals surface area contributed by atoms with Gasteiger partial charge in [0.05, 0.1) is 19.3 Å². The molecule has 1 fully saturated rings. The van der Waals surface area contributed by atoms with E-state index in [9.17, 15) is 5.11 Å². The highest BCUT2D eigenvalue weighted by Crippen LogP contribution is 2.24. The van der Waals surface area contributed by atoms with E-state index in [0.717, 1.165) is 0 Å². The van der Waals surface area contributed by atoms with Gasteiger partial charge >= 0.3 is 0 Å². The van der Waals surface area contributed by atoms with Crippen molar-refractivity contribution in [1.82, 2.24) is 0 Å². The Morgan fingerprint density at radius 1 is 1.73 bits per heavy atom. The van der Waals surface area contributed by atoms with Crippen LogP contribution in [0, 0.1) is 11.8 Å². The van der Waals surface area contributed by atoms with Crippen molar-refractivity contribution in [2.45, 2.75) is 25.0 Å². The van der Waals surface area contributed by atoms with Crippen LogP contribution in [0.1, 0.15) is 13.3 Å². The van der Waals surface area contributed by atoms with Gasteiger partial charge in [-0.25, -0.2) is 0 Å². The maximum Gasteiger partial charge on any atom is 0.177 e. The van der Waals surface area contributed by atoms with E-state index in [4.69, 9.17) is 9.84 Å². The molecule has 0 amide bonds. The summed E-state index contributed by atoms with van der Waals surface area (Å²) < 4.78 is 5.17. The molecule has 62 valence electrons. The molecule has 1 aliphatic heterocycles. The van der Waals surface area contributed by atoms with E-state index < -0.39 is 11.7 Å². The van der Waals surface area contributed by atoms with E-state index >= 15 is 0 Å². The fourth-order valence-corrected chi connectivity index (χ4v) is 1.20. The Kier molecular flexibility index (Phi) is 2.50. The predicted octanol–water partition coefficient (Wildman–Crippen LogP) is -0.478. The third-order valence-corrected chi connectivity index (χ3v) is 1.86. The van der Waals surface area contributed by atoms with Crippen molar-refractivity contribution in [1.29, 1.82) is 0 Å². The fourth-order valence-electron chi connectivity index (χ4n) is 1.20. The van der Waals surface area contributed by atoms with Gasteiger partial charge in [-0.15, -0.1) is 5.92 Å². The Morgan fingerprint density at radius 3 is 2.82 bits per heavy atom. The molecule has 0 aliphatic carbocycles. The van der Waals surface area contributed by atoms with Crippen LogP contribution in [0.4, 0.5) is 0 Å². The first-order valence-electron chi connectivity index (χ1n) is 3.62. The fraction of sp³-hybridized carbons (Fsp3) is 0.750. The highest BCUT2D eigenvalue weighted by atomic mass is 16.5. The molecule has 0 aromatic heterocycles. The summed E-state index contributed by atoms with van der Waals surface area (Å²) in [6.07, 6.45) is -0.102. The van der Waals surface area contributed by atoms with E-state index in [-0.39, 0.29) is 6.61 Å². The van der Waals surface area contributed by atoms with E-state index in [2.05, 4.69) is 11.8 Å². The normalized spacial score (nSPS) is 36.5. The van der Waals surface area contributed by atoms with Crippen LogP contribution in [0.3, 0.4) is 0 Å². The van der Waals surface area contributed by atoms with Crippen molar-refractivity contribution in [3.63, 3.8) is 0 Å². The molecule has 1 rings (SSSR count). The number of ether oxygens (including phenoxy) is 1. The first-order chi connectivity index (χ1) is 5.25. The van der Waals surface area contributed by atoms with Gasteiger partial charge in [-0.3, -0.25) is 0 Å². The van der Waals surface area contributed by atoms with Crippen molar-refractivity contribution in [3.8, 4) is 11.8 Å². The number of aliphatic hydroxyl groups excluding tert-OH is 2. The molecule has 0 aromatic rings. The summed E-state index contributed by atoms with van der Waals surface area (Å²) in [4.78, 5) is 0. The molecule has 3 nitrogen and oxygen atoms in total. The Labute approximate surface area is 66.0 Å². The van der Waals surface area contributed by atoms with Crippen LogP contribution in [-0.2, 0) is 4.74 Å². The van der Waals surface area contributed by atoms with Crippen molar-refractivity contribution in [2.24, 2.45) is 0 Å². The number of aliphatic hydroxyl groups is 2. The van der Waals surface area contributed by atoms with Gasteiger partial charge in [-0.2, -0.15) is 0 Å². The molecule has 0 spiro atoms. The SMILES string of the molecule is CC#CC1(CO)OCCC1O. The van der Waals surface area contributed by atoms with Gasteiger partial charge in [0.25, 0.3) is 0 Å². The number of hydrogen-bond acceptors (Lipinski definition) is 3. The van der Waals surface area contributed by atoms with Crippen LogP contribution < -0.4 is 0 Å². The van der Waals surface area contributed by atoms with Crippen LogP contribution in [0.25, 0.3) is 0 Å². The summed E-state index contributed by atoms with van der Waals surface area (Å²) in [5, 5.41) is 18.3. The van der Waals surface area contributed by atoms with Crippen LogP contribution >= 0.6 is 0 Å². The summed E-state index contributed by atoms with van der Waals surface area (Å²) in [6.45, 7) is 1.89. The van der Waals surface area contributed by atoms with Gasteiger partial charge < -0.3 is 14.9 Å². The smallest absolute Gasteiger partial charge is 0.177 e. The molecule has 3 heteroatoms. The minimum absolute atomic E-state index is 0.241. The molecule has 0 saturated carbocycles. The van der Waals surface area contributed by atoms with E-state index in [1.165, 1.54) is 0 Å². The highest BCUT2D eigenvalue weighted by Gasteiger charge is 2.41. The van der Waals surface area contributed by atoms with E-state index in [1.54, 1.807) is 6.92 Å². The van der Waals surface area contributed by atoms with E-state index in [0.29, 0.717) is 13.0 Å². The molecule has 1 saturated heterocycles. The van der Waals surface area contributed by atoms with Crippen LogP contribution in [0.2, 0.25) is 0 Å². The molecule has 11 heavy (non-hydrogen) atoms. The van der Waals surface area contributed by atoms with Gasteiger partial charge in [0.1, 0.15) is 0 Å². The average molecular weight is 156 g/mol. The monoisotopic (exact) mass is 156 g/mol.